The lowest BCUT2D eigenvalue weighted by Crippen LogP contribution is -2.55. The number of ether oxygens (including phenoxy) is 3. The number of hydrazine groups is 1. The molecule has 3 aromatic carbocycles. The monoisotopic (exact) mass is 635 g/mol. The Morgan fingerprint density at radius 1 is 1.10 bits per heavy atom. The summed E-state index contributed by atoms with van der Waals surface area (Å²) in [6.45, 7) is -1.08. The van der Waals surface area contributed by atoms with Gasteiger partial charge in [0.15, 0.2) is 11.6 Å². The van der Waals surface area contributed by atoms with Crippen molar-refractivity contribution in [3.63, 3.8) is 0 Å². The molecular weight excluding hydrogens is 607 g/mol. The normalized spacial score (nSPS) is 18.4. The molecule has 0 unspecified atom stereocenters. The van der Waals surface area contributed by atoms with Gasteiger partial charge in [-0.05, 0) is 53.6 Å². The van der Waals surface area contributed by atoms with E-state index in [1.165, 1.54) is 7.11 Å². The molecule has 0 spiro atoms. The molecule has 8 nitrogen and oxygen atoms in total. The first-order valence-corrected chi connectivity index (χ1v) is 13.5. The standard InChI is InChI=1S/C29H29BrF3N3O5/c1-39-23-8-4-7-20(16-23)25-28(17-21-6-2-3-9-24(21)30,27(38)36-34-18-29(31,32)33)35-26(41-25)19-10-12-22(13-11-19)40-15-5-14-37/h2-4,6-13,16,25,34,37H,5,14-15,17-18H2,1H3,(H,36,38)/t25-,28-/m0/s1. The number of aliphatic imine (C=N–C) groups is 1. The van der Waals surface area contributed by atoms with Gasteiger partial charge >= 0.3 is 6.18 Å². The highest BCUT2D eigenvalue weighted by Gasteiger charge is 2.54. The average Bonchev–Trinajstić information content (AvgIpc) is 3.34. The van der Waals surface area contributed by atoms with E-state index in [-0.39, 0.29) is 18.9 Å². The molecule has 0 saturated carbocycles. The Balaban J connectivity index is 1.78. The molecule has 0 fully saturated rings. The number of aliphatic hydroxyl groups is 1. The Bertz CT molecular complexity index is 1370. The second kappa shape index (κ2) is 13.4. The van der Waals surface area contributed by atoms with E-state index in [9.17, 15) is 18.0 Å². The molecule has 1 amide bonds. The minimum absolute atomic E-state index is 0.00167. The van der Waals surface area contributed by atoms with Gasteiger partial charge in [0.05, 0.1) is 13.7 Å². The minimum Gasteiger partial charge on any atom is -0.497 e. The number of methoxy groups -OCH3 is 1. The number of aliphatic hydroxyl groups excluding tert-OH is 1. The quantitative estimate of drug-likeness (QED) is 0.193. The van der Waals surface area contributed by atoms with Crippen LogP contribution in [0.3, 0.4) is 0 Å². The molecule has 2 atom stereocenters. The third-order valence-corrected chi connectivity index (χ3v) is 7.11. The molecule has 0 aromatic heterocycles. The Morgan fingerprint density at radius 3 is 2.54 bits per heavy atom. The first-order valence-electron chi connectivity index (χ1n) is 12.7. The number of alkyl halides is 3. The van der Waals surface area contributed by atoms with Gasteiger partial charge in [0.2, 0.25) is 5.90 Å². The molecule has 218 valence electrons. The number of carbonyl (C=O) groups excluding carboxylic acids is 1. The zero-order chi connectivity index (χ0) is 29.5. The Labute approximate surface area is 243 Å². The maximum absolute atomic E-state index is 13.9. The van der Waals surface area contributed by atoms with Crippen molar-refractivity contribution in [1.82, 2.24) is 10.9 Å². The summed E-state index contributed by atoms with van der Waals surface area (Å²) in [5.74, 6) is 0.412. The summed E-state index contributed by atoms with van der Waals surface area (Å²) in [7, 11) is 1.50. The van der Waals surface area contributed by atoms with Gasteiger partial charge < -0.3 is 19.3 Å². The fourth-order valence-electron chi connectivity index (χ4n) is 4.35. The Hall–Kier alpha value is -3.61. The molecule has 0 bridgehead atoms. The molecule has 3 N–H and O–H groups in total. The van der Waals surface area contributed by atoms with Crippen molar-refractivity contribution < 1.29 is 37.3 Å². The summed E-state index contributed by atoms with van der Waals surface area (Å²) in [6, 6.07) is 21.0. The summed E-state index contributed by atoms with van der Waals surface area (Å²) >= 11 is 3.51. The van der Waals surface area contributed by atoms with Crippen molar-refractivity contribution in [3.8, 4) is 11.5 Å². The number of carbonyl (C=O) groups is 1. The summed E-state index contributed by atoms with van der Waals surface area (Å²) in [5.41, 5.74) is 4.28. The van der Waals surface area contributed by atoms with E-state index in [1.807, 2.05) is 11.5 Å². The number of hydrogen-bond acceptors (Lipinski definition) is 7. The van der Waals surface area contributed by atoms with Crippen LogP contribution < -0.4 is 20.3 Å². The summed E-state index contributed by atoms with van der Waals surface area (Å²) in [5, 5.41) is 8.98. The molecule has 41 heavy (non-hydrogen) atoms. The smallest absolute Gasteiger partial charge is 0.402 e. The summed E-state index contributed by atoms with van der Waals surface area (Å²) in [4.78, 5) is 18.7. The highest BCUT2D eigenvalue weighted by Crippen LogP contribution is 2.44. The van der Waals surface area contributed by atoms with E-state index in [2.05, 4.69) is 21.4 Å². The maximum atomic E-state index is 13.9. The summed E-state index contributed by atoms with van der Waals surface area (Å²) < 4.78 is 56.8. The van der Waals surface area contributed by atoms with Crippen LogP contribution in [-0.2, 0) is 16.0 Å². The van der Waals surface area contributed by atoms with Crippen molar-refractivity contribution in [3.05, 3.63) is 94.0 Å². The van der Waals surface area contributed by atoms with Crippen LogP contribution in [0.5, 0.6) is 11.5 Å². The third-order valence-electron chi connectivity index (χ3n) is 6.34. The molecule has 4 rings (SSSR count). The van der Waals surface area contributed by atoms with E-state index >= 15 is 0 Å². The predicted molar refractivity (Wildman–Crippen MR) is 150 cm³/mol. The zero-order valence-corrected chi connectivity index (χ0v) is 23.7. The van der Waals surface area contributed by atoms with Crippen LogP contribution in [-0.4, -0.2) is 55.5 Å². The number of nitrogens with one attached hydrogen (secondary N) is 2. The van der Waals surface area contributed by atoms with Crippen LogP contribution in [0.1, 0.15) is 29.2 Å². The lowest BCUT2D eigenvalue weighted by atomic mass is 9.82. The van der Waals surface area contributed by atoms with Crippen LogP contribution in [0.4, 0.5) is 13.2 Å². The second-order valence-electron chi connectivity index (χ2n) is 9.26. The third kappa shape index (κ3) is 7.57. The van der Waals surface area contributed by atoms with Gasteiger partial charge in [-0.15, -0.1) is 0 Å². The molecule has 12 heteroatoms. The van der Waals surface area contributed by atoms with E-state index < -0.39 is 30.3 Å². The first-order chi connectivity index (χ1) is 19.6. The van der Waals surface area contributed by atoms with Crippen molar-refractivity contribution in [2.45, 2.75) is 30.7 Å². The fourth-order valence-corrected chi connectivity index (χ4v) is 4.78. The highest BCUT2D eigenvalue weighted by molar-refractivity contribution is 9.10. The second-order valence-corrected chi connectivity index (χ2v) is 10.1. The lowest BCUT2D eigenvalue weighted by Gasteiger charge is -2.31. The Kier molecular flexibility index (Phi) is 9.90. The van der Waals surface area contributed by atoms with Gasteiger partial charge in [-0.25, -0.2) is 10.4 Å². The average molecular weight is 636 g/mol. The van der Waals surface area contributed by atoms with Crippen molar-refractivity contribution in [2.24, 2.45) is 4.99 Å². The molecule has 1 aliphatic heterocycles. The van der Waals surface area contributed by atoms with Crippen LogP contribution in [0, 0.1) is 0 Å². The van der Waals surface area contributed by atoms with E-state index in [0.717, 1.165) is 0 Å². The van der Waals surface area contributed by atoms with Gasteiger partial charge in [0.25, 0.3) is 5.91 Å². The fraction of sp³-hybridized carbons (Fsp3) is 0.310. The van der Waals surface area contributed by atoms with Gasteiger partial charge in [0, 0.05) is 29.5 Å². The molecule has 1 heterocycles. The topological polar surface area (TPSA) is 101 Å². The van der Waals surface area contributed by atoms with E-state index in [1.54, 1.807) is 66.7 Å². The number of hydrogen-bond donors (Lipinski definition) is 3. The molecule has 1 aliphatic rings. The van der Waals surface area contributed by atoms with Crippen LogP contribution in [0.25, 0.3) is 0 Å². The molecule has 0 radical (unpaired) electrons. The van der Waals surface area contributed by atoms with Crippen LogP contribution in [0.15, 0.2) is 82.3 Å². The number of benzene rings is 3. The van der Waals surface area contributed by atoms with Crippen molar-refractivity contribution in [2.75, 3.05) is 26.9 Å². The highest BCUT2D eigenvalue weighted by atomic mass is 79.9. The van der Waals surface area contributed by atoms with Gasteiger partial charge in [0.1, 0.15) is 18.0 Å². The van der Waals surface area contributed by atoms with Gasteiger partial charge in [-0.1, -0.05) is 46.3 Å². The maximum Gasteiger partial charge on any atom is 0.402 e. The molecule has 0 aliphatic carbocycles. The lowest BCUT2D eigenvalue weighted by molar-refractivity contribution is -0.136. The Morgan fingerprint density at radius 2 is 1.85 bits per heavy atom. The van der Waals surface area contributed by atoms with E-state index in [4.69, 9.17) is 24.3 Å². The van der Waals surface area contributed by atoms with Crippen LogP contribution in [0.2, 0.25) is 0 Å². The first kappa shape index (κ1) is 30.4. The zero-order valence-electron chi connectivity index (χ0n) is 22.1. The van der Waals surface area contributed by atoms with Crippen molar-refractivity contribution >= 4 is 27.7 Å². The molecule has 3 aromatic rings. The van der Waals surface area contributed by atoms with Gasteiger partial charge in [-0.2, -0.15) is 13.2 Å². The van der Waals surface area contributed by atoms with Crippen molar-refractivity contribution in [1.29, 1.82) is 0 Å². The van der Waals surface area contributed by atoms with Crippen LogP contribution >= 0.6 is 15.9 Å². The van der Waals surface area contributed by atoms with Gasteiger partial charge in [-0.3, -0.25) is 10.2 Å². The number of nitrogens with zero attached hydrogens (tertiary/aromatic N) is 1. The van der Waals surface area contributed by atoms with E-state index in [0.29, 0.717) is 45.7 Å². The SMILES string of the molecule is COc1cccc([C@@H]2OC(c3ccc(OCCCO)cc3)=N[C@]2(Cc2ccccc2Br)C(=O)NNCC(F)(F)F)c1. The largest absolute Gasteiger partial charge is 0.497 e. The number of halogens is 4. The molecule has 0 saturated heterocycles. The number of rotatable bonds is 12. The predicted octanol–water partition coefficient (Wildman–Crippen LogP) is 4.90. The number of amides is 1. The minimum atomic E-state index is -4.54. The molecular formula is C29H29BrF3N3O5. The summed E-state index contributed by atoms with van der Waals surface area (Å²) in [6.07, 6.45) is -5.08.